The molecule has 1 saturated carbocycles. The van der Waals surface area contributed by atoms with Crippen LogP contribution in [0.4, 0.5) is 5.69 Å². The van der Waals surface area contributed by atoms with E-state index >= 15 is 0 Å². The van der Waals surface area contributed by atoms with E-state index in [0.717, 1.165) is 24.9 Å². The smallest absolute Gasteiger partial charge is 0.243 e. The van der Waals surface area contributed by atoms with Crippen LogP contribution >= 0.6 is 0 Å². The molecule has 3 nitrogen and oxygen atoms in total. The van der Waals surface area contributed by atoms with E-state index in [1.807, 2.05) is 12.1 Å². The number of carbonyl (C=O) groups is 1. The maximum Gasteiger partial charge on any atom is 0.243 e. The van der Waals surface area contributed by atoms with E-state index in [4.69, 9.17) is 5.73 Å². The Morgan fingerprint density at radius 2 is 1.67 bits per heavy atom. The Hall–Kier alpha value is -1.51. The second-order valence-electron chi connectivity index (χ2n) is 8.30. The molecule has 1 amide bonds. The number of rotatable bonds is 3. The summed E-state index contributed by atoms with van der Waals surface area (Å²) in [6, 6.07) is 8.13. The third kappa shape index (κ3) is 3.58. The molecule has 3 heteroatoms. The Morgan fingerprint density at radius 3 is 2.14 bits per heavy atom. The minimum atomic E-state index is -0.668. The predicted octanol–water partition coefficient (Wildman–Crippen LogP) is 3.87. The maximum absolute atomic E-state index is 12.3. The van der Waals surface area contributed by atoms with Crippen molar-refractivity contribution in [3.63, 3.8) is 0 Å². The number of hydrogen-bond donors (Lipinski definition) is 2. The summed E-state index contributed by atoms with van der Waals surface area (Å²) in [5.41, 5.74) is 7.49. The number of nitrogens with two attached hydrogens (primary N) is 1. The van der Waals surface area contributed by atoms with E-state index in [0.29, 0.717) is 0 Å². The molecule has 116 valence electrons. The molecule has 0 heterocycles. The average Bonchev–Trinajstić information content (AvgIpc) is 2.23. The van der Waals surface area contributed by atoms with Gasteiger partial charge in [0.1, 0.15) is 5.54 Å². The van der Waals surface area contributed by atoms with Crippen LogP contribution in [0.3, 0.4) is 0 Å². The lowest BCUT2D eigenvalue weighted by Crippen LogP contribution is -2.58. The molecule has 21 heavy (non-hydrogen) atoms. The number of primary amides is 1. The van der Waals surface area contributed by atoms with Crippen molar-refractivity contribution in [2.45, 2.75) is 59.4 Å². The number of nitrogens with one attached hydrogen (secondary N) is 1. The third-order valence-electron chi connectivity index (χ3n) is 4.39. The van der Waals surface area contributed by atoms with E-state index < -0.39 is 5.54 Å². The number of amides is 1. The molecule has 0 bridgehead atoms. The lowest BCUT2D eigenvalue weighted by atomic mass is 9.58. The molecule has 1 fully saturated rings. The highest BCUT2D eigenvalue weighted by molar-refractivity contribution is 5.88. The molecule has 1 aromatic rings. The fourth-order valence-electron chi connectivity index (χ4n) is 4.44. The van der Waals surface area contributed by atoms with Gasteiger partial charge < -0.3 is 11.1 Å². The second kappa shape index (κ2) is 5.04. The van der Waals surface area contributed by atoms with Gasteiger partial charge in [-0.25, -0.2) is 0 Å². The van der Waals surface area contributed by atoms with E-state index in [9.17, 15) is 4.79 Å². The first-order valence-corrected chi connectivity index (χ1v) is 7.69. The van der Waals surface area contributed by atoms with E-state index in [2.05, 4.69) is 52.1 Å². The molecule has 1 aliphatic carbocycles. The molecule has 0 aliphatic heterocycles. The molecule has 1 aromatic carbocycles. The minimum Gasteiger partial charge on any atom is -0.371 e. The molecular formula is C18H28N2O. The van der Waals surface area contributed by atoms with Crippen molar-refractivity contribution < 1.29 is 4.79 Å². The summed E-state index contributed by atoms with van der Waals surface area (Å²) < 4.78 is 0. The molecule has 0 aromatic heterocycles. The summed E-state index contributed by atoms with van der Waals surface area (Å²) >= 11 is 0. The van der Waals surface area contributed by atoms with E-state index in [1.165, 1.54) is 5.56 Å². The van der Waals surface area contributed by atoms with Crippen LogP contribution in [0.1, 0.15) is 52.5 Å². The lowest BCUT2D eigenvalue weighted by molar-refractivity contribution is -0.126. The highest BCUT2D eigenvalue weighted by Crippen LogP contribution is 2.51. The van der Waals surface area contributed by atoms with Gasteiger partial charge in [-0.3, -0.25) is 4.79 Å². The van der Waals surface area contributed by atoms with Gasteiger partial charge in [0, 0.05) is 5.69 Å². The predicted molar refractivity (Wildman–Crippen MR) is 88.1 cm³/mol. The number of carbonyl (C=O) groups excluding carboxylic acids is 1. The normalized spacial score (nSPS) is 22.5. The lowest BCUT2D eigenvalue weighted by Gasteiger charge is -2.51. The second-order valence-corrected chi connectivity index (χ2v) is 8.30. The van der Waals surface area contributed by atoms with Gasteiger partial charge in [0.25, 0.3) is 0 Å². The SMILES string of the molecule is Cc1cccc(NC2(C(N)=O)CC(C)(C)CC(C)(C)C2)c1. The zero-order chi connectivity index (χ0) is 15.9. The van der Waals surface area contributed by atoms with Gasteiger partial charge in [-0.05, 0) is 54.7 Å². The fraction of sp³-hybridized carbons (Fsp3) is 0.611. The first kappa shape index (κ1) is 15.9. The van der Waals surface area contributed by atoms with Crippen LogP contribution in [0.5, 0.6) is 0 Å². The van der Waals surface area contributed by atoms with Crippen molar-refractivity contribution in [1.82, 2.24) is 0 Å². The zero-order valence-corrected chi connectivity index (χ0v) is 13.9. The Labute approximate surface area is 128 Å². The Balaban J connectivity index is 2.39. The molecular weight excluding hydrogens is 260 g/mol. The molecule has 0 radical (unpaired) electrons. The minimum absolute atomic E-state index is 0.0909. The number of benzene rings is 1. The Kier molecular flexibility index (Phi) is 3.81. The monoisotopic (exact) mass is 288 g/mol. The van der Waals surface area contributed by atoms with E-state index in [-0.39, 0.29) is 16.7 Å². The van der Waals surface area contributed by atoms with Crippen molar-refractivity contribution >= 4 is 11.6 Å². The maximum atomic E-state index is 12.3. The summed E-state index contributed by atoms with van der Waals surface area (Å²) in [4.78, 5) is 12.3. The van der Waals surface area contributed by atoms with Crippen LogP contribution in [0.15, 0.2) is 24.3 Å². The fourth-order valence-corrected chi connectivity index (χ4v) is 4.44. The molecule has 0 unspecified atom stereocenters. The van der Waals surface area contributed by atoms with Gasteiger partial charge in [-0.15, -0.1) is 0 Å². The first-order valence-electron chi connectivity index (χ1n) is 7.69. The van der Waals surface area contributed by atoms with Crippen molar-refractivity contribution in [2.75, 3.05) is 5.32 Å². The largest absolute Gasteiger partial charge is 0.371 e. The molecule has 0 saturated heterocycles. The highest BCUT2D eigenvalue weighted by Gasteiger charge is 2.50. The van der Waals surface area contributed by atoms with Gasteiger partial charge in [0.15, 0.2) is 0 Å². The third-order valence-corrected chi connectivity index (χ3v) is 4.39. The van der Waals surface area contributed by atoms with Crippen molar-refractivity contribution in [2.24, 2.45) is 16.6 Å². The zero-order valence-electron chi connectivity index (χ0n) is 13.9. The summed E-state index contributed by atoms with van der Waals surface area (Å²) in [6.45, 7) is 11.0. The molecule has 1 aliphatic rings. The van der Waals surface area contributed by atoms with Gasteiger partial charge in [0.05, 0.1) is 0 Å². The molecule has 3 N–H and O–H groups in total. The van der Waals surface area contributed by atoms with Gasteiger partial charge in [-0.2, -0.15) is 0 Å². The topological polar surface area (TPSA) is 55.1 Å². The number of hydrogen-bond acceptors (Lipinski definition) is 2. The van der Waals surface area contributed by atoms with Crippen LogP contribution in [-0.2, 0) is 4.79 Å². The van der Waals surface area contributed by atoms with Crippen LogP contribution in [0.2, 0.25) is 0 Å². The first-order chi connectivity index (χ1) is 9.54. The molecule has 2 rings (SSSR count). The van der Waals surface area contributed by atoms with Gasteiger partial charge in [-0.1, -0.05) is 39.8 Å². The summed E-state index contributed by atoms with van der Waals surface area (Å²) in [6.07, 6.45) is 2.64. The van der Waals surface area contributed by atoms with Crippen molar-refractivity contribution in [3.8, 4) is 0 Å². The Bertz CT molecular complexity index is 530. The molecule has 0 spiro atoms. The number of aryl methyl sites for hydroxylation is 1. The van der Waals surface area contributed by atoms with Crippen LogP contribution in [-0.4, -0.2) is 11.4 Å². The summed E-state index contributed by atoms with van der Waals surface area (Å²) in [5.74, 6) is -0.246. The standard InChI is InChI=1S/C18H28N2O/c1-13-7-6-8-14(9-13)20-18(15(19)21)11-16(2,3)10-17(4,5)12-18/h6-9,20H,10-12H2,1-5H3,(H2,19,21). The Morgan fingerprint density at radius 1 is 1.10 bits per heavy atom. The highest BCUT2D eigenvalue weighted by atomic mass is 16.1. The quantitative estimate of drug-likeness (QED) is 0.887. The van der Waals surface area contributed by atoms with Crippen molar-refractivity contribution in [3.05, 3.63) is 29.8 Å². The van der Waals surface area contributed by atoms with Crippen LogP contribution < -0.4 is 11.1 Å². The van der Waals surface area contributed by atoms with Crippen LogP contribution in [0.25, 0.3) is 0 Å². The van der Waals surface area contributed by atoms with E-state index in [1.54, 1.807) is 0 Å². The van der Waals surface area contributed by atoms with Gasteiger partial charge in [0.2, 0.25) is 5.91 Å². The van der Waals surface area contributed by atoms with Crippen molar-refractivity contribution in [1.29, 1.82) is 0 Å². The number of anilines is 1. The van der Waals surface area contributed by atoms with Gasteiger partial charge >= 0.3 is 0 Å². The summed E-state index contributed by atoms with van der Waals surface area (Å²) in [7, 11) is 0. The average molecular weight is 288 g/mol. The molecule has 0 atom stereocenters. The summed E-state index contributed by atoms with van der Waals surface area (Å²) in [5, 5.41) is 3.47. The van der Waals surface area contributed by atoms with Crippen LogP contribution in [0, 0.1) is 17.8 Å².